The van der Waals surface area contributed by atoms with Gasteiger partial charge in [-0.3, -0.25) is 9.97 Å². The molecule has 0 fully saturated rings. The van der Waals surface area contributed by atoms with Crippen molar-refractivity contribution in [3.05, 3.63) is 103 Å². The number of rotatable bonds is 5. The first-order chi connectivity index (χ1) is 16.7. The number of nitrogens with zero attached hydrogens (tertiary/aromatic N) is 3. The van der Waals surface area contributed by atoms with Gasteiger partial charge >= 0.3 is 0 Å². The van der Waals surface area contributed by atoms with E-state index in [-0.39, 0.29) is 5.82 Å². The van der Waals surface area contributed by atoms with Gasteiger partial charge in [0.05, 0.1) is 16.6 Å². The van der Waals surface area contributed by atoms with Crippen LogP contribution in [0.5, 0.6) is 0 Å². The summed E-state index contributed by atoms with van der Waals surface area (Å²) in [6, 6.07) is 24.3. The molecule has 0 atom stereocenters. The third-order valence-electron chi connectivity index (χ3n) is 5.59. The number of hydrogen-bond donors (Lipinski definition) is 3. The normalized spacial score (nSPS) is 11.1. The van der Waals surface area contributed by atoms with Crippen LogP contribution in [0.3, 0.4) is 0 Å². The molecule has 3 aromatic carbocycles. The van der Waals surface area contributed by atoms with Crippen LogP contribution in [0.2, 0.25) is 0 Å². The number of benzene rings is 3. The van der Waals surface area contributed by atoms with E-state index in [1.807, 2.05) is 60.7 Å². The van der Waals surface area contributed by atoms with Gasteiger partial charge in [-0.05, 0) is 78.9 Å². The third-order valence-corrected chi connectivity index (χ3v) is 5.59. The Morgan fingerprint density at radius 3 is 2.32 bits per heavy atom. The molecule has 164 valence electrons. The number of fused-ring (bicyclic) bond motifs is 2. The second-order valence-corrected chi connectivity index (χ2v) is 7.90. The van der Waals surface area contributed by atoms with Crippen LogP contribution in [-0.4, -0.2) is 19.9 Å². The van der Waals surface area contributed by atoms with Gasteiger partial charge in [0.15, 0.2) is 0 Å². The highest BCUT2D eigenvalue weighted by atomic mass is 19.1. The molecule has 6 aromatic rings. The lowest BCUT2D eigenvalue weighted by Crippen LogP contribution is -1.93. The van der Waals surface area contributed by atoms with E-state index in [9.17, 15) is 4.39 Å². The van der Waals surface area contributed by atoms with Crippen molar-refractivity contribution in [1.29, 1.82) is 0 Å². The average Bonchev–Trinajstić information content (AvgIpc) is 3.29. The fourth-order valence-electron chi connectivity index (χ4n) is 3.92. The lowest BCUT2D eigenvalue weighted by Gasteiger charge is -2.10. The minimum atomic E-state index is -0.289. The van der Waals surface area contributed by atoms with Crippen LogP contribution < -0.4 is 10.6 Å². The van der Waals surface area contributed by atoms with Crippen LogP contribution in [0.4, 0.5) is 27.1 Å². The van der Waals surface area contributed by atoms with E-state index in [1.165, 1.54) is 12.1 Å². The zero-order chi connectivity index (χ0) is 22.9. The molecular formula is C27H19FN6. The molecule has 0 saturated carbocycles. The lowest BCUT2D eigenvalue weighted by atomic mass is 10.1. The summed E-state index contributed by atoms with van der Waals surface area (Å²) in [5, 5.41) is 7.46. The zero-order valence-corrected chi connectivity index (χ0v) is 18.0. The monoisotopic (exact) mass is 446 g/mol. The highest BCUT2D eigenvalue weighted by Crippen LogP contribution is 2.28. The predicted molar refractivity (Wildman–Crippen MR) is 134 cm³/mol. The maximum absolute atomic E-state index is 13.7. The third kappa shape index (κ3) is 3.91. The Labute approximate surface area is 194 Å². The molecule has 6 rings (SSSR count). The topological polar surface area (TPSA) is 78.5 Å². The smallest absolute Gasteiger partial charge is 0.138 e. The Kier molecular flexibility index (Phi) is 4.85. The molecule has 0 amide bonds. The van der Waals surface area contributed by atoms with Crippen LogP contribution in [0, 0.1) is 5.82 Å². The summed E-state index contributed by atoms with van der Waals surface area (Å²) in [7, 11) is 0. The molecule has 0 spiro atoms. The molecule has 0 bridgehead atoms. The Hall–Kier alpha value is -4.78. The van der Waals surface area contributed by atoms with Gasteiger partial charge in [-0.15, -0.1) is 0 Å². The number of nitrogens with one attached hydrogen (secondary N) is 3. The molecule has 6 nitrogen and oxygen atoms in total. The van der Waals surface area contributed by atoms with Crippen LogP contribution in [0.25, 0.3) is 33.3 Å². The molecule has 0 unspecified atom stereocenters. The fraction of sp³-hybridized carbons (Fsp3) is 0. The van der Waals surface area contributed by atoms with Crippen molar-refractivity contribution in [3.8, 4) is 11.4 Å². The second kappa shape index (κ2) is 8.29. The van der Waals surface area contributed by atoms with Gasteiger partial charge in [-0.25, -0.2) is 9.37 Å². The standard InChI is InChI=1S/C27H19FN6/c28-18-3-7-23-22(15-18)24(11-14-30-23)32-19-4-1-17(2-5-19)27-33-25-8-6-21(16-26(25)34-27)31-20-9-12-29-13-10-20/h1-16H,(H,29,31)(H,30,32)(H,33,34). The molecule has 0 aliphatic carbocycles. The molecule has 0 saturated heterocycles. The fourth-order valence-corrected chi connectivity index (χ4v) is 3.92. The van der Waals surface area contributed by atoms with Crippen molar-refractivity contribution in [2.75, 3.05) is 10.6 Å². The van der Waals surface area contributed by atoms with Crippen LogP contribution in [0.1, 0.15) is 0 Å². The van der Waals surface area contributed by atoms with Gasteiger partial charge < -0.3 is 15.6 Å². The number of halogens is 1. The van der Waals surface area contributed by atoms with Gasteiger partial charge in [0.2, 0.25) is 0 Å². The average molecular weight is 446 g/mol. The Balaban J connectivity index is 1.25. The highest BCUT2D eigenvalue weighted by Gasteiger charge is 2.08. The van der Waals surface area contributed by atoms with Crippen molar-refractivity contribution in [1.82, 2.24) is 19.9 Å². The number of anilines is 4. The van der Waals surface area contributed by atoms with E-state index in [0.717, 1.165) is 56.1 Å². The summed E-state index contributed by atoms with van der Waals surface area (Å²) in [4.78, 5) is 16.5. The van der Waals surface area contributed by atoms with Crippen molar-refractivity contribution in [2.45, 2.75) is 0 Å². The molecule has 7 heteroatoms. The van der Waals surface area contributed by atoms with Gasteiger partial charge in [-0.2, -0.15) is 0 Å². The van der Waals surface area contributed by atoms with Gasteiger partial charge in [0.25, 0.3) is 0 Å². The summed E-state index contributed by atoms with van der Waals surface area (Å²) in [5.41, 5.74) is 7.16. The number of imidazole rings is 1. The lowest BCUT2D eigenvalue weighted by molar-refractivity contribution is 0.629. The number of pyridine rings is 2. The first kappa shape index (κ1) is 19.9. The van der Waals surface area contributed by atoms with E-state index in [0.29, 0.717) is 0 Å². The maximum atomic E-state index is 13.7. The SMILES string of the molecule is Fc1ccc2nccc(Nc3ccc(-c4nc5cc(Nc6ccncc6)ccc5[nH]4)cc3)c2c1. The minimum Gasteiger partial charge on any atom is -0.355 e. The second-order valence-electron chi connectivity index (χ2n) is 7.90. The van der Waals surface area contributed by atoms with Crippen molar-refractivity contribution in [2.24, 2.45) is 0 Å². The molecule has 34 heavy (non-hydrogen) atoms. The maximum Gasteiger partial charge on any atom is 0.138 e. The largest absolute Gasteiger partial charge is 0.355 e. The Bertz CT molecular complexity index is 1610. The summed E-state index contributed by atoms with van der Waals surface area (Å²) in [5.74, 6) is 0.502. The van der Waals surface area contributed by atoms with Gasteiger partial charge in [0, 0.05) is 52.3 Å². The number of aromatic nitrogens is 4. The van der Waals surface area contributed by atoms with E-state index >= 15 is 0 Å². The Morgan fingerprint density at radius 2 is 1.47 bits per heavy atom. The van der Waals surface area contributed by atoms with Crippen LogP contribution in [-0.2, 0) is 0 Å². The number of hydrogen-bond acceptors (Lipinski definition) is 5. The summed E-state index contributed by atoms with van der Waals surface area (Å²) in [6.07, 6.45) is 5.21. The quantitative estimate of drug-likeness (QED) is 0.271. The first-order valence-electron chi connectivity index (χ1n) is 10.8. The van der Waals surface area contributed by atoms with E-state index in [4.69, 9.17) is 4.98 Å². The van der Waals surface area contributed by atoms with Gasteiger partial charge in [0.1, 0.15) is 11.6 Å². The molecule has 3 N–H and O–H groups in total. The predicted octanol–water partition coefficient (Wildman–Crippen LogP) is 6.80. The van der Waals surface area contributed by atoms with Crippen LogP contribution in [0.15, 0.2) is 97.5 Å². The summed E-state index contributed by atoms with van der Waals surface area (Å²) in [6.45, 7) is 0. The van der Waals surface area contributed by atoms with Crippen molar-refractivity contribution >= 4 is 44.7 Å². The molecule has 0 radical (unpaired) electrons. The Morgan fingerprint density at radius 1 is 0.676 bits per heavy atom. The summed E-state index contributed by atoms with van der Waals surface area (Å²) >= 11 is 0. The zero-order valence-electron chi connectivity index (χ0n) is 18.0. The van der Waals surface area contributed by atoms with E-state index in [2.05, 4.69) is 25.6 Å². The van der Waals surface area contributed by atoms with Crippen LogP contribution >= 0.6 is 0 Å². The molecule has 3 aromatic heterocycles. The molecule has 3 heterocycles. The molecular weight excluding hydrogens is 427 g/mol. The van der Waals surface area contributed by atoms with Crippen molar-refractivity contribution in [3.63, 3.8) is 0 Å². The number of H-pyrrole nitrogens is 1. The first-order valence-corrected chi connectivity index (χ1v) is 10.8. The van der Waals surface area contributed by atoms with E-state index in [1.54, 1.807) is 24.7 Å². The van der Waals surface area contributed by atoms with Crippen molar-refractivity contribution < 1.29 is 4.39 Å². The number of aromatic amines is 1. The molecule has 0 aliphatic rings. The van der Waals surface area contributed by atoms with Gasteiger partial charge in [-0.1, -0.05) is 0 Å². The highest BCUT2D eigenvalue weighted by molar-refractivity contribution is 5.93. The molecule has 0 aliphatic heterocycles. The summed E-state index contributed by atoms with van der Waals surface area (Å²) < 4.78 is 13.7. The minimum absolute atomic E-state index is 0.289. The van der Waals surface area contributed by atoms with E-state index < -0.39 is 0 Å².